The van der Waals surface area contributed by atoms with Crippen LogP contribution in [0.3, 0.4) is 0 Å². The van der Waals surface area contributed by atoms with E-state index in [1.165, 1.54) is 0 Å². The van der Waals surface area contributed by atoms with Crippen molar-refractivity contribution in [1.29, 1.82) is 0 Å². The summed E-state index contributed by atoms with van der Waals surface area (Å²) in [5, 5.41) is 7.44. The van der Waals surface area contributed by atoms with Crippen LogP contribution in [-0.2, 0) is 13.6 Å². The Labute approximate surface area is 84.1 Å². The monoisotopic (exact) mass is 195 g/mol. The number of aromatic nitrogens is 3. The zero-order valence-electron chi connectivity index (χ0n) is 8.77. The largest absolute Gasteiger partial charge is 0.314 e. The molecule has 0 spiro atoms. The fourth-order valence-corrected chi connectivity index (χ4v) is 1.76. The lowest BCUT2D eigenvalue weighted by Crippen LogP contribution is -2.49. The number of piperazine rings is 1. The van der Waals surface area contributed by atoms with Crippen LogP contribution >= 0.6 is 0 Å². The van der Waals surface area contributed by atoms with Gasteiger partial charge in [-0.3, -0.25) is 9.58 Å². The smallest absolute Gasteiger partial charge is 0.140 e. The number of rotatable bonds is 2. The Bertz CT molecular complexity index is 295. The lowest BCUT2D eigenvalue weighted by molar-refractivity contribution is 0.160. The summed E-state index contributed by atoms with van der Waals surface area (Å²) in [7, 11) is 1.94. The first-order chi connectivity index (χ1) is 6.77. The van der Waals surface area contributed by atoms with Gasteiger partial charge < -0.3 is 5.32 Å². The lowest BCUT2D eigenvalue weighted by atomic mass is 10.2. The Kier molecular flexibility index (Phi) is 2.79. The van der Waals surface area contributed by atoms with Crippen LogP contribution in [0.15, 0.2) is 6.33 Å². The molecule has 2 heterocycles. The van der Waals surface area contributed by atoms with E-state index in [4.69, 9.17) is 0 Å². The van der Waals surface area contributed by atoms with Crippen LogP contribution in [0.2, 0.25) is 0 Å². The molecule has 1 N–H and O–H groups in total. The van der Waals surface area contributed by atoms with Crippen LogP contribution < -0.4 is 5.32 Å². The van der Waals surface area contributed by atoms with Gasteiger partial charge in [-0.2, -0.15) is 5.10 Å². The molecule has 0 unspecified atom stereocenters. The molecule has 0 amide bonds. The van der Waals surface area contributed by atoms with E-state index in [2.05, 4.69) is 27.2 Å². The first-order valence-corrected chi connectivity index (χ1v) is 5.05. The molecule has 1 aromatic rings. The van der Waals surface area contributed by atoms with Gasteiger partial charge in [0.15, 0.2) is 0 Å². The fourth-order valence-electron chi connectivity index (χ4n) is 1.76. The molecule has 0 radical (unpaired) electrons. The first kappa shape index (κ1) is 9.61. The van der Waals surface area contributed by atoms with Crippen LogP contribution in [0.5, 0.6) is 0 Å². The van der Waals surface area contributed by atoms with Crippen molar-refractivity contribution in [2.24, 2.45) is 7.05 Å². The zero-order valence-corrected chi connectivity index (χ0v) is 8.77. The summed E-state index contributed by atoms with van der Waals surface area (Å²) >= 11 is 0. The van der Waals surface area contributed by atoms with Gasteiger partial charge in [-0.15, -0.1) is 0 Å². The second kappa shape index (κ2) is 4.06. The predicted molar refractivity (Wildman–Crippen MR) is 53.7 cm³/mol. The molecule has 0 saturated carbocycles. The van der Waals surface area contributed by atoms with Crippen molar-refractivity contribution in [2.75, 3.05) is 19.6 Å². The van der Waals surface area contributed by atoms with E-state index in [1.54, 1.807) is 6.33 Å². The minimum atomic E-state index is 0.584. The van der Waals surface area contributed by atoms with Crippen molar-refractivity contribution in [3.8, 4) is 0 Å². The van der Waals surface area contributed by atoms with Gasteiger partial charge in [0.25, 0.3) is 0 Å². The molecule has 1 aliphatic heterocycles. The molecule has 5 nitrogen and oxygen atoms in total. The highest BCUT2D eigenvalue weighted by atomic mass is 15.3. The third-order valence-electron chi connectivity index (χ3n) is 2.79. The molecule has 0 aromatic carbocycles. The molecule has 0 aliphatic carbocycles. The van der Waals surface area contributed by atoms with Crippen LogP contribution in [0.25, 0.3) is 0 Å². The highest BCUT2D eigenvalue weighted by Crippen LogP contribution is 2.06. The summed E-state index contributed by atoms with van der Waals surface area (Å²) in [4.78, 5) is 6.67. The lowest BCUT2D eigenvalue weighted by Gasteiger charge is -2.33. The molecule has 1 aromatic heterocycles. The van der Waals surface area contributed by atoms with Crippen LogP contribution in [0.4, 0.5) is 0 Å². The summed E-state index contributed by atoms with van der Waals surface area (Å²) in [6, 6.07) is 0.584. The third-order valence-corrected chi connectivity index (χ3v) is 2.79. The molecule has 78 valence electrons. The zero-order chi connectivity index (χ0) is 9.97. The van der Waals surface area contributed by atoms with Gasteiger partial charge in [0.1, 0.15) is 12.2 Å². The van der Waals surface area contributed by atoms with E-state index in [0.717, 1.165) is 32.0 Å². The Hall–Kier alpha value is -0.940. The summed E-state index contributed by atoms with van der Waals surface area (Å²) in [6.45, 7) is 6.37. The molecule has 0 bridgehead atoms. The van der Waals surface area contributed by atoms with Gasteiger partial charge >= 0.3 is 0 Å². The highest BCUT2D eigenvalue weighted by Gasteiger charge is 2.19. The Morgan fingerprint density at radius 3 is 3.14 bits per heavy atom. The van der Waals surface area contributed by atoms with Crippen molar-refractivity contribution in [2.45, 2.75) is 19.5 Å². The second-order valence-electron chi connectivity index (χ2n) is 3.82. The molecule has 1 fully saturated rings. The van der Waals surface area contributed by atoms with E-state index in [0.29, 0.717) is 6.04 Å². The average Bonchev–Trinajstić information content (AvgIpc) is 2.56. The van der Waals surface area contributed by atoms with Gasteiger partial charge in [0.05, 0.1) is 6.54 Å². The molecular formula is C9H17N5. The predicted octanol–water partition coefficient (Wildman–Crippen LogP) is -0.391. The SMILES string of the molecule is C[C@H]1CNCCN1Cc1ncnn1C. The maximum Gasteiger partial charge on any atom is 0.140 e. The molecule has 5 heteroatoms. The molecular weight excluding hydrogens is 178 g/mol. The van der Waals surface area contributed by atoms with Crippen molar-refractivity contribution >= 4 is 0 Å². The molecule has 1 aliphatic rings. The Morgan fingerprint density at radius 2 is 2.50 bits per heavy atom. The molecule has 1 atom stereocenters. The van der Waals surface area contributed by atoms with Crippen LogP contribution in [0, 0.1) is 0 Å². The Balaban J connectivity index is 1.99. The van der Waals surface area contributed by atoms with Gasteiger partial charge in [-0.25, -0.2) is 4.98 Å². The van der Waals surface area contributed by atoms with Gasteiger partial charge in [0.2, 0.25) is 0 Å². The normalized spacial score (nSPS) is 24.0. The number of aryl methyl sites for hydroxylation is 1. The van der Waals surface area contributed by atoms with E-state index < -0.39 is 0 Å². The molecule has 2 rings (SSSR count). The van der Waals surface area contributed by atoms with Crippen molar-refractivity contribution < 1.29 is 0 Å². The topological polar surface area (TPSA) is 46.0 Å². The molecule has 1 saturated heterocycles. The standard InChI is InChI=1S/C9H17N5/c1-8-5-10-3-4-14(8)6-9-11-7-12-13(9)2/h7-8,10H,3-6H2,1-2H3/t8-/m0/s1. The minimum Gasteiger partial charge on any atom is -0.314 e. The fraction of sp³-hybridized carbons (Fsp3) is 0.778. The van der Waals surface area contributed by atoms with Gasteiger partial charge in [0, 0.05) is 32.7 Å². The average molecular weight is 195 g/mol. The van der Waals surface area contributed by atoms with Crippen molar-refractivity contribution in [1.82, 2.24) is 25.0 Å². The highest BCUT2D eigenvalue weighted by molar-refractivity contribution is 4.87. The van der Waals surface area contributed by atoms with E-state index in [9.17, 15) is 0 Å². The maximum atomic E-state index is 4.23. The quantitative estimate of drug-likeness (QED) is 0.698. The second-order valence-corrected chi connectivity index (χ2v) is 3.82. The Morgan fingerprint density at radius 1 is 1.64 bits per heavy atom. The third kappa shape index (κ3) is 1.93. The maximum absolute atomic E-state index is 4.23. The number of hydrogen-bond acceptors (Lipinski definition) is 4. The summed E-state index contributed by atoms with van der Waals surface area (Å²) < 4.78 is 1.84. The summed E-state index contributed by atoms with van der Waals surface area (Å²) in [5.74, 6) is 1.04. The molecule has 14 heavy (non-hydrogen) atoms. The van der Waals surface area contributed by atoms with Gasteiger partial charge in [-0.1, -0.05) is 0 Å². The first-order valence-electron chi connectivity index (χ1n) is 5.05. The summed E-state index contributed by atoms with van der Waals surface area (Å²) in [6.07, 6.45) is 1.61. The van der Waals surface area contributed by atoms with E-state index >= 15 is 0 Å². The summed E-state index contributed by atoms with van der Waals surface area (Å²) in [5.41, 5.74) is 0. The number of nitrogens with one attached hydrogen (secondary N) is 1. The van der Waals surface area contributed by atoms with E-state index in [1.807, 2.05) is 11.7 Å². The van der Waals surface area contributed by atoms with Crippen molar-refractivity contribution in [3.63, 3.8) is 0 Å². The van der Waals surface area contributed by atoms with E-state index in [-0.39, 0.29) is 0 Å². The minimum absolute atomic E-state index is 0.584. The van der Waals surface area contributed by atoms with Gasteiger partial charge in [-0.05, 0) is 6.92 Å². The van der Waals surface area contributed by atoms with Crippen LogP contribution in [0.1, 0.15) is 12.7 Å². The number of hydrogen-bond donors (Lipinski definition) is 1. The van der Waals surface area contributed by atoms with Crippen molar-refractivity contribution in [3.05, 3.63) is 12.2 Å². The number of nitrogens with zero attached hydrogens (tertiary/aromatic N) is 4. The van der Waals surface area contributed by atoms with Crippen LogP contribution in [-0.4, -0.2) is 45.3 Å².